The number of carbonyl (C=O) groups excluding carboxylic acids is 1. The Hall–Kier alpha value is -0.530. The highest BCUT2D eigenvalue weighted by molar-refractivity contribution is 5.76. The second kappa shape index (κ2) is 2.10. The molecule has 2 saturated carbocycles. The van der Waals surface area contributed by atoms with Crippen LogP contribution in [0.2, 0.25) is 0 Å². The number of fused-ring (bicyclic) bond motifs is 1. The lowest BCUT2D eigenvalue weighted by atomic mass is 9.72. The molecular weight excluding hydrogens is 164 g/mol. The molecule has 0 aromatic heterocycles. The Morgan fingerprint density at radius 2 is 2.31 bits per heavy atom. The van der Waals surface area contributed by atoms with Crippen LogP contribution in [-0.4, -0.2) is 12.1 Å². The van der Waals surface area contributed by atoms with E-state index in [0.29, 0.717) is 17.3 Å². The van der Waals surface area contributed by atoms with E-state index in [9.17, 15) is 4.79 Å². The van der Waals surface area contributed by atoms with Crippen molar-refractivity contribution in [3.63, 3.8) is 0 Å². The van der Waals surface area contributed by atoms with E-state index in [-0.39, 0.29) is 18.0 Å². The zero-order valence-electron chi connectivity index (χ0n) is 8.25. The van der Waals surface area contributed by atoms with Gasteiger partial charge in [-0.15, -0.1) is 0 Å². The highest BCUT2D eigenvalue weighted by Gasteiger charge is 2.66. The standard InChI is InChI=1S/C11H16O2/c1-3-8-9-6-4-11(8,2)5-7(6)10(12)13-9/h6-9H,3-5H2,1-2H3. The van der Waals surface area contributed by atoms with Crippen LogP contribution >= 0.6 is 0 Å². The summed E-state index contributed by atoms with van der Waals surface area (Å²) in [7, 11) is 0. The minimum atomic E-state index is 0.0923. The number of carbonyl (C=O) groups is 1. The molecule has 0 aromatic rings. The average molecular weight is 180 g/mol. The average Bonchev–Trinajstić information content (AvgIpc) is 2.59. The van der Waals surface area contributed by atoms with Gasteiger partial charge in [-0.1, -0.05) is 13.8 Å². The summed E-state index contributed by atoms with van der Waals surface area (Å²) in [6, 6.07) is 0. The molecule has 2 bridgehead atoms. The molecule has 2 aliphatic carbocycles. The van der Waals surface area contributed by atoms with Crippen molar-refractivity contribution in [2.45, 2.75) is 39.2 Å². The summed E-state index contributed by atoms with van der Waals surface area (Å²) >= 11 is 0. The molecule has 2 heteroatoms. The highest BCUT2D eigenvalue weighted by Crippen LogP contribution is 2.64. The van der Waals surface area contributed by atoms with Gasteiger partial charge in [-0.3, -0.25) is 4.79 Å². The first-order valence-electron chi connectivity index (χ1n) is 5.36. The molecule has 13 heavy (non-hydrogen) atoms. The van der Waals surface area contributed by atoms with Crippen LogP contribution < -0.4 is 0 Å². The van der Waals surface area contributed by atoms with Gasteiger partial charge in [0.05, 0.1) is 5.92 Å². The van der Waals surface area contributed by atoms with E-state index in [2.05, 4.69) is 13.8 Å². The van der Waals surface area contributed by atoms with Gasteiger partial charge in [-0.05, 0) is 24.7 Å². The van der Waals surface area contributed by atoms with Crippen LogP contribution in [0.5, 0.6) is 0 Å². The zero-order chi connectivity index (χ0) is 9.22. The molecule has 3 fully saturated rings. The number of esters is 1. The number of rotatable bonds is 1. The van der Waals surface area contributed by atoms with E-state index in [1.54, 1.807) is 0 Å². The maximum absolute atomic E-state index is 11.5. The Bertz CT molecular complexity index is 273. The molecule has 1 saturated heterocycles. The summed E-state index contributed by atoms with van der Waals surface area (Å²) in [6.07, 6.45) is 3.76. The summed E-state index contributed by atoms with van der Waals surface area (Å²) in [4.78, 5) is 11.5. The van der Waals surface area contributed by atoms with Crippen LogP contribution in [0.25, 0.3) is 0 Å². The molecule has 0 spiro atoms. The van der Waals surface area contributed by atoms with Gasteiger partial charge in [0.1, 0.15) is 6.10 Å². The lowest BCUT2D eigenvalue weighted by molar-refractivity contribution is -0.144. The topological polar surface area (TPSA) is 26.3 Å². The largest absolute Gasteiger partial charge is 0.462 e. The molecule has 3 aliphatic rings. The number of hydrogen-bond donors (Lipinski definition) is 0. The van der Waals surface area contributed by atoms with Crippen molar-refractivity contribution >= 4 is 5.97 Å². The monoisotopic (exact) mass is 180 g/mol. The Labute approximate surface area is 78.6 Å². The smallest absolute Gasteiger partial charge is 0.309 e. The number of hydrogen-bond acceptors (Lipinski definition) is 2. The minimum absolute atomic E-state index is 0.0923. The molecule has 0 N–H and O–H groups in total. The van der Waals surface area contributed by atoms with E-state index in [1.165, 1.54) is 6.42 Å². The molecule has 5 atom stereocenters. The van der Waals surface area contributed by atoms with Gasteiger partial charge in [0, 0.05) is 11.8 Å². The molecule has 2 nitrogen and oxygen atoms in total. The van der Waals surface area contributed by atoms with E-state index < -0.39 is 0 Å². The van der Waals surface area contributed by atoms with E-state index >= 15 is 0 Å². The summed E-state index contributed by atoms with van der Waals surface area (Å²) in [6.45, 7) is 4.56. The molecule has 5 unspecified atom stereocenters. The second-order valence-corrected chi connectivity index (χ2v) is 5.25. The molecule has 0 radical (unpaired) electrons. The van der Waals surface area contributed by atoms with Gasteiger partial charge in [-0.2, -0.15) is 0 Å². The Morgan fingerprint density at radius 3 is 3.00 bits per heavy atom. The molecule has 3 rings (SSSR count). The van der Waals surface area contributed by atoms with Crippen molar-refractivity contribution in [1.82, 2.24) is 0 Å². The van der Waals surface area contributed by atoms with Gasteiger partial charge in [0.25, 0.3) is 0 Å². The lowest BCUT2D eigenvalue weighted by Crippen LogP contribution is -2.31. The lowest BCUT2D eigenvalue weighted by Gasteiger charge is -2.32. The maximum Gasteiger partial charge on any atom is 0.309 e. The van der Waals surface area contributed by atoms with Crippen molar-refractivity contribution in [2.75, 3.05) is 0 Å². The van der Waals surface area contributed by atoms with Crippen molar-refractivity contribution < 1.29 is 9.53 Å². The highest BCUT2D eigenvalue weighted by atomic mass is 16.6. The fraction of sp³-hybridized carbons (Fsp3) is 0.909. The van der Waals surface area contributed by atoms with Gasteiger partial charge < -0.3 is 4.74 Å². The molecule has 0 amide bonds. The predicted octanol–water partition coefficient (Wildman–Crippen LogP) is 1.98. The van der Waals surface area contributed by atoms with Crippen molar-refractivity contribution in [3.05, 3.63) is 0 Å². The fourth-order valence-electron chi connectivity index (χ4n) is 4.13. The third-order valence-corrected chi connectivity index (χ3v) is 4.61. The normalized spacial score (nSPS) is 57.2. The summed E-state index contributed by atoms with van der Waals surface area (Å²) in [5, 5.41) is 0. The van der Waals surface area contributed by atoms with Crippen LogP contribution in [0.3, 0.4) is 0 Å². The van der Waals surface area contributed by atoms with Crippen LogP contribution in [0, 0.1) is 23.2 Å². The Morgan fingerprint density at radius 1 is 1.54 bits per heavy atom. The molecular formula is C11H16O2. The van der Waals surface area contributed by atoms with E-state index in [0.717, 1.165) is 12.8 Å². The first kappa shape index (κ1) is 7.84. The molecule has 0 aromatic carbocycles. The van der Waals surface area contributed by atoms with Crippen LogP contribution in [0.1, 0.15) is 33.1 Å². The van der Waals surface area contributed by atoms with Gasteiger partial charge in [0.2, 0.25) is 0 Å². The van der Waals surface area contributed by atoms with E-state index in [1.807, 2.05) is 0 Å². The quantitative estimate of drug-likeness (QED) is 0.577. The summed E-state index contributed by atoms with van der Waals surface area (Å²) in [5.41, 5.74) is 0.418. The minimum Gasteiger partial charge on any atom is -0.462 e. The van der Waals surface area contributed by atoms with Gasteiger partial charge in [0.15, 0.2) is 0 Å². The van der Waals surface area contributed by atoms with Gasteiger partial charge in [-0.25, -0.2) is 0 Å². The predicted molar refractivity (Wildman–Crippen MR) is 48.0 cm³/mol. The third-order valence-electron chi connectivity index (χ3n) is 4.61. The molecule has 1 heterocycles. The fourth-order valence-corrected chi connectivity index (χ4v) is 4.13. The van der Waals surface area contributed by atoms with Crippen LogP contribution in [0.4, 0.5) is 0 Å². The first-order chi connectivity index (χ1) is 6.15. The van der Waals surface area contributed by atoms with Crippen molar-refractivity contribution in [1.29, 1.82) is 0 Å². The Kier molecular flexibility index (Phi) is 1.27. The second-order valence-electron chi connectivity index (χ2n) is 5.25. The molecule has 1 aliphatic heterocycles. The SMILES string of the molecule is CCC1C2OC(=O)C3CC1(C)CC32. The first-order valence-corrected chi connectivity index (χ1v) is 5.36. The third kappa shape index (κ3) is 0.733. The number of ether oxygens (including phenoxy) is 1. The van der Waals surface area contributed by atoms with Crippen molar-refractivity contribution in [2.24, 2.45) is 23.2 Å². The van der Waals surface area contributed by atoms with Crippen LogP contribution in [-0.2, 0) is 9.53 Å². The summed E-state index contributed by atoms with van der Waals surface area (Å²) < 4.78 is 5.47. The van der Waals surface area contributed by atoms with E-state index in [4.69, 9.17) is 4.74 Å². The maximum atomic E-state index is 11.5. The van der Waals surface area contributed by atoms with Crippen LogP contribution in [0.15, 0.2) is 0 Å². The molecule has 72 valence electrons. The Balaban J connectivity index is 2.02. The summed E-state index contributed by atoms with van der Waals surface area (Å²) in [5.74, 6) is 1.56. The van der Waals surface area contributed by atoms with Gasteiger partial charge >= 0.3 is 5.97 Å². The van der Waals surface area contributed by atoms with Crippen molar-refractivity contribution in [3.8, 4) is 0 Å². The zero-order valence-corrected chi connectivity index (χ0v) is 8.25.